The van der Waals surface area contributed by atoms with Crippen molar-refractivity contribution >= 4 is 23.6 Å². The summed E-state index contributed by atoms with van der Waals surface area (Å²) in [6.45, 7) is 10.5. The van der Waals surface area contributed by atoms with Crippen LogP contribution in [-0.4, -0.2) is 59.5 Å². The first kappa shape index (κ1) is 36.4. The van der Waals surface area contributed by atoms with Gasteiger partial charge in [0.05, 0.1) is 0 Å². The van der Waals surface area contributed by atoms with Gasteiger partial charge in [0.2, 0.25) is 11.8 Å². The van der Waals surface area contributed by atoms with Crippen molar-refractivity contribution in [3.63, 3.8) is 0 Å². The van der Waals surface area contributed by atoms with Gasteiger partial charge in [0.1, 0.15) is 18.2 Å². The Morgan fingerprint density at radius 1 is 0.841 bits per heavy atom. The van der Waals surface area contributed by atoms with E-state index >= 15 is 0 Å². The molecule has 0 bridgehead atoms. The zero-order chi connectivity index (χ0) is 32.6. The van der Waals surface area contributed by atoms with E-state index in [4.69, 9.17) is 5.73 Å². The first-order chi connectivity index (χ1) is 21.0. The summed E-state index contributed by atoms with van der Waals surface area (Å²) in [4.78, 5) is 51.9. The number of hydrogen-bond donors (Lipinski definition) is 7. The maximum atomic E-state index is 13.5. The molecule has 8 N–H and O–H groups in total. The van der Waals surface area contributed by atoms with E-state index < -0.39 is 36.0 Å². The SMILES string of the molecule is CCCNNC(=O)c1ccc(CNC(=O)[C@H](CC(C)C)NC(=O)[C@@H](NC(=O)[C@@H](O)[C@H](N)Cc2ccccc2)[C@@H](C)CC)cc1. The van der Waals surface area contributed by atoms with Gasteiger partial charge in [-0.2, -0.15) is 0 Å². The molecule has 0 saturated heterocycles. The minimum atomic E-state index is -1.52. The Hall–Kier alpha value is -3.80. The van der Waals surface area contributed by atoms with Crippen molar-refractivity contribution in [1.29, 1.82) is 0 Å². The van der Waals surface area contributed by atoms with Crippen LogP contribution in [0.25, 0.3) is 0 Å². The Balaban J connectivity index is 2.03. The van der Waals surface area contributed by atoms with E-state index in [9.17, 15) is 24.3 Å². The van der Waals surface area contributed by atoms with Gasteiger partial charge in [-0.05, 0) is 54.4 Å². The largest absolute Gasteiger partial charge is 0.382 e. The molecule has 44 heavy (non-hydrogen) atoms. The van der Waals surface area contributed by atoms with Crippen LogP contribution in [0.3, 0.4) is 0 Å². The maximum Gasteiger partial charge on any atom is 0.265 e. The van der Waals surface area contributed by atoms with Crippen LogP contribution in [0.4, 0.5) is 0 Å². The lowest BCUT2D eigenvalue weighted by atomic mass is 9.95. The second-order valence-corrected chi connectivity index (χ2v) is 11.7. The predicted octanol–water partition coefficient (Wildman–Crippen LogP) is 1.94. The molecular formula is C33H50N6O5. The van der Waals surface area contributed by atoms with Crippen LogP contribution in [0.5, 0.6) is 0 Å². The number of hydrogen-bond acceptors (Lipinski definition) is 7. The number of aliphatic hydroxyl groups is 1. The molecule has 0 aliphatic heterocycles. The second-order valence-electron chi connectivity index (χ2n) is 11.7. The Kier molecular flexibility index (Phi) is 15.5. The van der Waals surface area contributed by atoms with Gasteiger partial charge in [0.15, 0.2) is 0 Å². The molecule has 2 aromatic carbocycles. The molecule has 0 aromatic heterocycles. The molecule has 2 aromatic rings. The van der Waals surface area contributed by atoms with Crippen molar-refractivity contribution in [2.45, 2.75) is 91.1 Å². The molecule has 5 atom stereocenters. The molecular weight excluding hydrogens is 560 g/mol. The highest BCUT2D eigenvalue weighted by atomic mass is 16.3. The monoisotopic (exact) mass is 610 g/mol. The molecule has 0 spiro atoms. The van der Waals surface area contributed by atoms with E-state index in [0.29, 0.717) is 31.4 Å². The quantitative estimate of drug-likeness (QED) is 0.0997. The van der Waals surface area contributed by atoms with Crippen LogP contribution in [0.1, 0.15) is 75.4 Å². The van der Waals surface area contributed by atoms with Gasteiger partial charge in [-0.25, -0.2) is 5.43 Å². The summed E-state index contributed by atoms with van der Waals surface area (Å²) >= 11 is 0. The molecule has 0 aliphatic rings. The minimum absolute atomic E-state index is 0.0969. The maximum absolute atomic E-state index is 13.5. The van der Waals surface area contributed by atoms with Crippen molar-refractivity contribution in [3.8, 4) is 0 Å². The number of benzene rings is 2. The van der Waals surface area contributed by atoms with Gasteiger partial charge >= 0.3 is 0 Å². The molecule has 242 valence electrons. The summed E-state index contributed by atoms with van der Waals surface area (Å²) in [7, 11) is 0. The molecule has 0 fully saturated rings. The number of aliphatic hydroxyl groups excluding tert-OH is 1. The molecule has 2 rings (SSSR count). The zero-order valence-electron chi connectivity index (χ0n) is 26.6. The predicted molar refractivity (Wildman–Crippen MR) is 171 cm³/mol. The van der Waals surface area contributed by atoms with Gasteiger partial charge in [-0.15, -0.1) is 0 Å². The van der Waals surface area contributed by atoms with Gasteiger partial charge < -0.3 is 26.8 Å². The highest BCUT2D eigenvalue weighted by Crippen LogP contribution is 2.13. The molecule has 0 aliphatic carbocycles. The Bertz CT molecular complexity index is 1190. The number of carbonyl (C=O) groups is 4. The number of hydrazine groups is 1. The number of nitrogens with one attached hydrogen (secondary N) is 5. The zero-order valence-corrected chi connectivity index (χ0v) is 26.6. The molecule has 11 nitrogen and oxygen atoms in total. The van der Waals surface area contributed by atoms with Crippen molar-refractivity contribution in [2.24, 2.45) is 17.6 Å². The van der Waals surface area contributed by atoms with Crippen molar-refractivity contribution in [2.75, 3.05) is 6.54 Å². The van der Waals surface area contributed by atoms with E-state index in [0.717, 1.165) is 17.5 Å². The number of amides is 4. The van der Waals surface area contributed by atoms with E-state index in [1.54, 1.807) is 24.3 Å². The third kappa shape index (κ3) is 12.1. The Morgan fingerprint density at radius 3 is 2.09 bits per heavy atom. The van der Waals surface area contributed by atoms with Crippen LogP contribution in [0.2, 0.25) is 0 Å². The van der Waals surface area contributed by atoms with E-state index in [-0.39, 0.29) is 30.2 Å². The third-order valence-electron chi connectivity index (χ3n) is 7.38. The van der Waals surface area contributed by atoms with Crippen LogP contribution >= 0.6 is 0 Å². The lowest BCUT2D eigenvalue weighted by Gasteiger charge is -2.28. The van der Waals surface area contributed by atoms with E-state index in [2.05, 4.69) is 26.8 Å². The Labute approximate surface area is 261 Å². The number of rotatable bonds is 18. The van der Waals surface area contributed by atoms with Gasteiger partial charge in [-0.1, -0.05) is 83.5 Å². The number of nitrogens with two attached hydrogens (primary N) is 1. The first-order valence-corrected chi connectivity index (χ1v) is 15.4. The van der Waals surface area contributed by atoms with Gasteiger partial charge in [-0.3, -0.25) is 24.6 Å². The lowest BCUT2D eigenvalue weighted by molar-refractivity contribution is -0.137. The van der Waals surface area contributed by atoms with Crippen molar-refractivity contribution in [1.82, 2.24) is 26.8 Å². The molecule has 11 heteroatoms. The highest BCUT2D eigenvalue weighted by Gasteiger charge is 2.33. The van der Waals surface area contributed by atoms with Crippen LogP contribution < -0.4 is 32.5 Å². The van der Waals surface area contributed by atoms with Crippen LogP contribution in [0.15, 0.2) is 54.6 Å². The van der Waals surface area contributed by atoms with Crippen LogP contribution in [-0.2, 0) is 27.3 Å². The fourth-order valence-corrected chi connectivity index (χ4v) is 4.52. The normalized spacial score (nSPS) is 14.5. The summed E-state index contributed by atoms with van der Waals surface area (Å²) in [6, 6.07) is 13.5. The van der Waals surface area contributed by atoms with Crippen molar-refractivity contribution in [3.05, 3.63) is 71.3 Å². The van der Waals surface area contributed by atoms with Crippen molar-refractivity contribution < 1.29 is 24.3 Å². The first-order valence-electron chi connectivity index (χ1n) is 15.4. The third-order valence-corrected chi connectivity index (χ3v) is 7.38. The van der Waals surface area contributed by atoms with Crippen LogP contribution in [0, 0.1) is 11.8 Å². The summed E-state index contributed by atoms with van der Waals surface area (Å²) < 4.78 is 0. The van der Waals surface area contributed by atoms with Gasteiger partial charge in [0, 0.05) is 24.7 Å². The standard InChI is InChI=1S/C33H50N6O5/c1-6-17-36-39-30(41)25-15-13-24(14-16-25)20-35-31(42)27(18-21(3)4)37-32(43)28(22(5)7-2)38-33(44)29(40)26(34)19-23-11-9-8-10-12-23/h8-16,21-22,26-29,36,40H,6-7,17-20,34H2,1-5H3,(H,35,42)(H,37,43)(H,38,44)(H,39,41)/t22-,26+,27-,28-,29-/m0/s1. The fourth-order valence-electron chi connectivity index (χ4n) is 4.52. The molecule has 0 heterocycles. The highest BCUT2D eigenvalue weighted by molar-refractivity contribution is 5.94. The van der Waals surface area contributed by atoms with Gasteiger partial charge in [0.25, 0.3) is 11.8 Å². The summed E-state index contributed by atoms with van der Waals surface area (Å²) in [6.07, 6.45) is 0.617. The fraction of sp³-hybridized carbons (Fsp3) is 0.515. The lowest BCUT2D eigenvalue weighted by Crippen LogP contribution is -2.58. The molecule has 0 saturated carbocycles. The minimum Gasteiger partial charge on any atom is -0.382 e. The molecule has 4 amide bonds. The summed E-state index contributed by atoms with van der Waals surface area (Å²) in [5, 5.41) is 19.0. The summed E-state index contributed by atoms with van der Waals surface area (Å²) in [5.74, 6) is -2.03. The summed E-state index contributed by atoms with van der Waals surface area (Å²) in [5.41, 5.74) is 13.8. The average molecular weight is 611 g/mol. The molecule has 0 unspecified atom stereocenters. The van der Waals surface area contributed by atoms with E-state index in [1.165, 1.54) is 0 Å². The Morgan fingerprint density at radius 2 is 1.50 bits per heavy atom. The number of carbonyl (C=O) groups excluding carboxylic acids is 4. The second kappa shape index (κ2) is 18.8. The molecule has 0 radical (unpaired) electrons. The topological polar surface area (TPSA) is 175 Å². The average Bonchev–Trinajstić information content (AvgIpc) is 3.01. The smallest absolute Gasteiger partial charge is 0.265 e. The van der Waals surface area contributed by atoms with E-state index in [1.807, 2.05) is 65.0 Å².